The molecule has 0 aliphatic carbocycles. The summed E-state index contributed by atoms with van der Waals surface area (Å²) in [4.78, 5) is 10.6. The van der Waals surface area contributed by atoms with E-state index in [9.17, 15) is 31.1 Å². The molecule has 0 aromatic carbocycles. The Balaban J connectivity index is 4.59. The minimum Gasteiger partial charge on any atom is -0.293 e. The third kappa shape index (κ3) is 3.71. The Bertz CT molecular complexity index is 222. The molecule has 0 radical (unpaired) electrons. The third-order valence-corrected chi connectivity index (χ3v) is 1.73. The Morgan fingerprint density at radius 2 is 1.67 bits per heavy atom. The third-order valence-electron chi connectivity index (χ3n) is 1.73. The molecule has 90 valence electrons. The number of unbranched alkanes of at least 4 members (excludes halogenated alkanes) is 1. The first-order chi connectivity index (χ1) is 6.64. The van der Waals surface area contributed by atoms with Gasteiger partial charge in [0.15, 0.2) is 0 Å². The van der Waals surface area contributed by atoms with Crippen molar-refractivity contribution in [3.05, 3.63) is 0 Å². The number of hydrogen-bond donors (Lipinski definition) is 0. The van der Waals surface area contributed by atoms with Gasteiger partial charge in [-0.15, -0.1) is 0 Å². The Morgan fingerprint density at radius 1 is 1.20 bits per heavy atom. The van der Waals surface area contributed by atoms with E-state index in [1.54, 1.807) is 6.92 Å². The number of ketones is 1. The van der Waals surface area contributed by atoms with Crippen LogP contribution in [0.5, 0.6) is 0 Å². The van der Waals surface area contributed by atoms with Gasteiger partial charge in [0.1, 0.15) is 0 Å². The second-order valence-electron chi connectivity index (χ2n) is 3.05. The molecule has 0 aliphatic rings. The van der Waals surface area contributed by atoms with Crippen LogP contribution in [0.1, 0.15) is 26.2 Å². The predicted octanol–water partition coefficient (Wildman–Crippen LogP) is 3.28. The number of carbonyl (C=O) groups is 1. The van der Waals surface area contributed by atoms with Crippen LogP contribution in [0.15, 0.2) is 0 Å². The van der Waals surface area contributed by atoms with E-state index >= 15 is 0 Å². The molecular formula is C8H10F6O. The fourth-order valence-corrected chi connectivity index (χ4v) is 0.851. The lowest BCUT2D eigenvalue weighted by molar-refractivity contribution is -0.239. The molecule has 1 atom stereocenters. The van der Waals surface area contributed by atoms with Crippen LogP contribution in [0.3, 0.4) is 0 Å². The minimum absolute atomic E-state index is 0.0129. The van der Waals surface area contributed by atoms with Gasteiger partial charge in [-0.3, -0.25) is 4.79 Å². The molecule has 0 N–H and O–H groups in total. The van der Waals surface area contributed by atoms with Gasteiger partial charge in [0.05, 0.1) is 0 Å². The Kier molecular flexibility index (Phi) is 4.61. The van der Waals surface area contributed by atoms with E-state index in [4.69, 9.17) is 0 Å². The zero-order valence-electron chi connectivity index (χ0n) is 7.87. The summed E-state index contributed by atoms with van der Waals surface area (Å²) in [7, 11) is 0. The SMILES string of the molecule is CCCCC(=O)C(F)(F)C(F)C(F)(F)F. The topological polar surface area (TPSA) is 17.1 Å². The Labute approximate surface area is 82.4 Å². The highest BCUT2D eigenvalue weighted by Gasteiger charge is 2.60. The Hall–Kier alpha value is -0.750. The summed E-state index contributed by atoms with van der Waals surface area (Å²) in [6.07, 6.45) is -10.5. The van der Waals surface area contributed by atoms with E-state index in [0.29, 0.717) is 6.42 Å². The van der Waals surface area contributed by atoms with Crippen LogP contribution in [0.25, 0.3) is 0 Å². The predicted molar refractivity (Wildman–Crippen MR) is 40.4 cm³/mol. The summed E-state index contributed by atoms with van der Waals surface area (Å²) in [5.41, 5.74) is 0. The molecule has 0 aliphatic heterocycles. The first-order valence-corrected chi connectivity index (χ1v) is 4.26. The number of rotatable bonds is 5. The second-order valence-corrected chi connectivity index (χ2v) is 3.05. The maximum atomic E-state index is 12.6. The molecule has 0 bridgehead atoms. The summed E-state index contributed by atoms with van der Waals surface area (Å²) >= 11 is 0. The normalized spacial score (nSPS) is 15.1. The van der Waals surface area contributed by atoms with Crippen molar-refractivity contribution in [2.45, 2.75) is 44.5 Å². The van der Waals surface area contributed by atoms with E-state index in [-0.39, 0.29) is 6.42 Å². The van der Waals surface area contributed by atoms with Crippen LogP contribution in [-0.2, 0) is 4.79 Å². The first kappa shape index (κ1) is 14.2. The second kappa shape index (κ2) is 4.85. The molecule has 1 nitrogen and oxygen atoms in total. The summed E-state index contributed by atoms with van der Waals surface area (Å²) in [6, 6.07) is 0. The van der Waals surface area contributed by atoms with Crippen molar-refractivity contribution in [1.82, 2.24) is 0 Å². The van der Waals surface area contributed by atoms with Gasteiger partial charge >= 0.3 is 12.1 Å². The van der Waals surface area contributed by atoms with Gasteiger partial charge in [0.25, 0.3) is 6.17 Å². The van der Waals surface area contributed by atoms with Crippen LogP contribution in [0.4, 0.5) is 26.3 Å². The van der Waals surface area contributed by atoms with Crippen molar-refractivity contribution in [1.29, 1.82) is 0 Å². The largest absolute Gasteiger partial charge is 0.426 e. The zero-order valence-corrected chi connectivity index (χ0v) is 7.87. The van der Waals surface area contributed by atoms with E-state index in [2.05, 4.69) is 0 Å². The maximum absolute atomic E-state index is 12.6. The number of carbonyl (C=O) groups excluding carboxylic acids is 1. The molecule has 7 heteroatoms. The van der Waals surface area contributed by atoms with Crippen LogP contribution in [0.2, 0.25) is 0 Å². The lowest BCUT2D eigenvalue weighted by atomic mass is 10.0. The van der Waals surface area contributed by atoms with Gasteiger partial charge < -0.3 is 0 Å². The average molecular weight is 236 g/mol. The first-order valence-electron chi connectivity index (χ1n) is 4.26. The van der Waals surface area contributed by atoms with Gasteiger partial charge in [-0.2, -0.15) is 22.0 Å². The molecule has 0 spiro atoms. The summed E-state index contributed by atoms with van der Waals surface area (Å²) in [6.45, 7) is 1.57. The average Bonchev–Trinajstić information content (AvgIpc) is 2.11. The molecule has 0 saturated heterocycles. The lowest BCUT2D eigenvalue weighted by Crippen LogP contribution is -2.47. The molecule has 0 saturated carbocycles. The summed E-state index contributed by atoms with van der Waals surface area (Å²) in [5, 5.41) is 0. The van der Waals surface area contributed by atoms with Crippen LogP contribution >= 0.6 is 0 Å². The molecule has 1 unspecified atom stereocenters. The van der Waals surface area contributed by atoms with Crippen LogP contribution in [0, 0.1) is 0 Å². The summed E-state index contributed by atoms with van der Waals surface area (Å²) < 4.78 is 72.3. The lowest BCUT2D eigenvalue weighted by Gasteiger charge is -2.21. The van der Waals surface area contributed by atoms with E-state index in [1.807, 2.05) is 0 Å². The van der Waals surface area contributed by atoms with Crippen LogP contribution < -0.4 is 0 Å². The molecule has 0 aromatic rings. The number of Topliss-reactive ketones (excluding diaryl/α,β-unsaturated/α-hetero) is 1. The van der Waals surface area contributed by atoms with Gasteiger partial charge in [0, 0.05) is 6.42 Å². The number of halogens is 6. The monoisotopic (exact) mass is 236 g/mol. The highest BCUT2D eigenvalue weighted by molar-refractivity contribution is 5.86. The van der Waals surface area contributed by atoms with Crippen LogP contribution in [-0.4, -0.2) is 24.1 Å². The highest BCUT2D eigenvalue weighted by atomic mass is 19.4. The quantitative estimate of drug-likeness (QED) is 0.669. The van der Waals surface area contributed by atoms with Gasteiger partial charge in [-0.05, 0) is 6.42 Å². The van der Waals surface area contributed by atoms with Crippen molar-refractivity contribution >= 4 is 5.78 Å². The van der Waals surface area contributed by atoms with Crippen molar-refractivity contribution < 1.29 is 31.1 Å². The van der Waals surface area contributed by atoms with Gasteiger partial charge in [-0.1, -0.05) is 13.3 Å². The fourth-order valence-electron chi connectivity index (χ4n) is 0.851. The summed E-state index contributed by atoms with van der Waals surface area (Å²) in [5.74, 6) is -6.98. The molecule has 15 heavy (non-hydrogen) atoms. The molecule has 0 fully saturated rings. The molecule has 0 aromatic heterocycles. The molecule has 0 rings (SSSR count). The van der Waals surface area contributed by atoms with Crippen molar-refractivity contribution in [3.63, 3.8) is 0 Å². The standard InChI is InChI=1S/C8H10F6O/c1-2-3-4-5(15)7(10,11)6(9)8(12,13)14/h6H,2-4H2,1H3. The molecule has 0 heterocycles. The van der Waals surface area contributed by atoms with Gasteiger partial charge in [-0.25, -0.2) is 4.39 Å². The molecular weight excluding hydrogens is 226 g/mol. The minimum atomic E-state index is -5.72. The smallest absolute Gasteiger partial charge is 0.293 e. The van der Waals surface area contributed by atoms with E-state index in [1.165, 1.54) is 0 Å². The van der Waals surface area contributed by atoms with Gasteiger partial charge in [0.2, 0.25) is 5.78 Å². The van der Waals surface area contributed by atoms with E-state index in [0.717, 1.165) is 0 Å². The Morgan fingerprint density at radius 3 is 2.00 bits per heavy atom. The highest BCUT2D eigenvalue weighted by Crippen LogP contribution is 2.36. The van der Waals surface area contributed by atoms with Crippen molar-refractivity contribution in [3.8, 4) is 0 Å². The van der Waals surface area contributed by atoms with Crippen molar-refractivity contribution in [2.24, 2.45) is 0 Å². The van der Waals surface area contributed by atoms with Crippen molar-refractivity contribution in [2.75, 3.05) is 0 Å². The number of alkyl halides is 6. The maximum Gasteiger partial charge on any atom is 0.426 e. The fraction of sp³-hybridized carbons (Fsp3) is 0.875. The zero-order chi connectivity index (χ0) is 12.3. The number of hydrogen-bond acceptors (Lipinski definition) is 1. The molecule has 0 amide bonds. The van der Waals surface area contributed by atoms with E-state index < -0.39 is 30.5 Å².